The van der Waals surface area contributed by atoms with Crippen LogP contribution in [0.2, 0.25) is 0 Å². The summed E-state index contributed by atoms with van der Waals surface area (Å²) in [4.78, 5) is 0. The first kappa shape index (κ1) is 15.9. The number of hydrogen-bond donors (Lipinski definition) is 0. The lowest BCUT2D eigenvalue weighted by Crippen LogP contribution is -2.15. The third-order valence-electron chi connectivity index (χ3n) is 3.93. The summed E-state index contributed by atoms with van der Waals surface area (Å²) in [5.41, 5.74) is 0. The average Bonchev–Trinajstić information content (AvgIpc) is 2.34. The highest BCUT2D eigenvalue weighted by molar-refractivity contribution is 4.63. The fourth-order valence-electron chi connectivity index (χ4n) is 2.74. The van der Waals surface area contributed by atoms with Crippen LogP contribution in [-0.2, 0) is 4.74 Å². The third-order valence-corrected chi connectivity index (χ3v) is 3.93. The van der Waals surface area contributed by atoms with Crippen LogP contribution >= 0.6 is 0 Å². The third kappa shape index (κ3) is 8.91. The Balaban J connectivity index is 1.86. The van der Waals surface area contributed by atoms with Gasteiger partial charge < -0.3 is 4.74 Å². The summed E-state index contributed by atoms with van der Waals surface area (Å²) >= 11 is 0. The molecule has 0 heterocycles. The zero-order valence-corrected chi connectivity index (χ0v) is 12.0. The van der Waals surface area contributed by atoms with E-state index < -0.39 is 0 Å². The summed E-state index contributed by atoms with van der Waals surface area (Å²) in [6, 6.07) is 0. The second-order valence-electron chi connectivity index (χ2n) is 5.65. The lowest BCUT2D eigenvalue weighted by atomic mass is 9.98. The van der Waals surface area contributed by atoms with E-state index in [0.717, 1.165) is 19.4 Å². The Hall–Kier alpha value is -0.110. The monoisotopic (exact) mass is 258 g/mol. The van der Waals surface area contributed by atoms with Crippen molar-refractivity contribution >= 4 is 0 Å². The zero-order chi connectivity index (χ0) is 12.9. The largest absolute Gasteiger partial charge is 0.378 e. The van der Waals surface area contributed by atoms with Crippen LogP contribution < -0.4 is 0 Å². The molecule has 0 aromatic heterocycles. The van der Waals surface area contributed by atoms with Crippen LogP contribution in [-0.4, -0.2) is 19.4 Å². The molecule has 1 saturated carbocycles. The van der Waals surface area contributed by atoms with Crippen molar-refractivity contribution < 1.29 is 9.13 Å². The van der Waals surface area contributed by atoms with Crippen molar-refractivity contribution in [2.75, 3.05) is 13.3 Å². The van der Waals surface area contributed by atoms with Gasteiger partial charge in [0.05, 0.1) is 12.8 Å². The SMILES string of the molecule is FCCCCCCCCOC1CCCCCCC1. The smallest absolute Gasteiger partial charge is 0.0894 e. The fourth-order valence-corrected chi connectivity index (χ4v) is 2.74. The Labute approximate surface area is 112 Å². The zero-order valence-electron chi connectivity index (χ0n) is 12.0. The van der Waals surface area contributed by atoms with E-state index in [9.17, 15) is 4.39 Å². The number of ether oxygens (including phenoxy) is 1. The number of halogens is 1. The molecule has 0 saturated heterocycles. The first-order valence-electron chi connectivity index (χ1n) is 8.11. The molecule has 1 aliphatic rings. The van der Waals surface area contributed by atoms with Gasteiger partial charge in [-0.05, 0) is 25.7 Å². The van der Waals surface area contributed by atoms with Crippen LogP contribution in [0.4, 0.5) is 4.39 Å². The highest BCUT2D eigenvalue weighted by Crippen LogP contribution is 2.19. The van der Waals surface area contributed by atoms with E-state index in [2.05, 4.69) is 0 Å². The van der Waals surface area contributed by atoms with Gasteiger partial charge >= 0.3 is 0 Å². The van der Waals surface area contributed by atoms with Gasteiger partial charge in [0.2, 0.25) is 0 Å². The highest BCUT2D eigenvalue weighted by Gasteiger charge is 2.10. The Morgan fingerprint density at radius 1 is 0.722 bits per heavy atom. The molecular formula is C16H31FO. The second kappa shape index (κ2) is 12.0. The molecule has 0 bridgehead atoms. The van der Waals surface area contributed by atoms with Crippen molar-refractivity contribution in [3.8, 4) is 0 Å². The van der Waals surface area contributed by atoms with Gasteiger partial charge in [0, 0.05) is 6.61 Å². The van der Waals surface area contributed by atoms with Crippen molar-refractivity contribution in [2.24, 2.45) is 0 Å². The van der Waals surface area contributed by atoms with Crippen molar-refractivity contribution in [1.82, 2.24) is 0 Å². The summed E-state index contributed by atoms with van der Waals surface area (Å²) in [7, 11) is 0. The Morgan fingerprint density at radius 2 is 1.28 bits per heavy atom. The maximum absolute atomic E-state index is 11.9. The van der Waals surface area contributed by atoms with Crippen LogP contribution in [0.25, 0.3) is 0 Å². The minimum absolute atomic E-state index is 0.148. The van der Waals surface area contributed by atoms with Crippen LogP contribution in [0, 0.1) is 0 Å². The highest BCUT2D eigenvalue weighted by atomic mass is 19.1. The Bertz CT molecular complexity index is 164. The predicted molar refractivity (Wildman–Crippen MR) is 75.7 cm³/mol. The van der Waals surface area contributed by atoms with E-state index in [1.807, 2.05) is 0 Å². The molecule has 0 aliphatic heterocycles. The lowest BCUT2D eigenvalue weighted by molar-refractivity contribution is 0.0332. The van der Waals surface area contributed by atoms with E-state index >= 15 is 0 Å². The topological polar surface area (TPSA) is 9.23 Å². The maximum Gasteiger partial charge on any atom is 0.0894 e. The molecule has 0 amide bonds. The first-order chi connectivity index (χ1) is 8.93. The quantitative estimate of drug-likeness (QED) is 0.501. The molecule has 1 rings (SSSR count). The average molecular weight is 258 g/mol. The Morgan fingerprint density at radius 3 is 1.94 bits per heavy atom. The van der Waals surface area contributed by atoms with Crippen LogP contribution in [0.1, 0.15) is 83.5 Å². The van der Waals surface area contributed by atoms with E-state index in [4.69, 9.17) is 4.74 Å². The molecule has 108 valence electrons. The van der Waals surface area contributed by atoms with Gasteiger partial charge in [0.15, 0.2) is 0 Å². The number of alkyl halides is 1. The van der Waals surface area contributed by atoms with E-state index in [-0.39, 0.29) is 6.67 Å². The molecule has 0 aromatic rings. The summed E-state index contributed by atoms with van der Waals surface area (Å²) in [5, 5.41) is 0. The Kier molecular flexibility index (Phi) is 10.6. The molecule has 0 aromatic carbocycles. The van der Waals surface area contributed by atoms with E-state index in [1.165, 1.54) is 70.6 Å². The van der Waals surface area contributed by atoms with Crippen LogP contribution in [0.5, 0.6) is 0 Å². The number of rotatable bonds is 9. The van der Waals surface area contributed by atoms with Gasteiger partial charge in [0.1, 0.15) is 0 Å². The van der Waals surface area contributed by atoms with Gasteiger partial charge in [-0.25, -0.2) is 0 Å². The molecule has 18 heavy (non-hydrogen) atoms. The molecule has 0 atom stereocenters. The normalized spacial score (nSPS) is 18.5. The van der Waals surface area contributed by atoms with E-state index in [0.29, 0.717) is 6.10 Å². The molecule has 1 nitrogen and oxygen atoms in total. The minimum atomic E-state index is -0.148. The van der Waals surface area contributed by atoms with Crippen molar-refractivity contribution in [3.63, 3.8) is 0 Å². The van der Waals surface area contributed by atoms with Gasteiger partial charge in [-0.15, -0.1) is 0 Å². The van der Waals surface area contributed by atoms with Gasteiger partial charge in [-0.3, -0.25) is 4.39 Å². The molecular weight excluding hydrogens is 227 g/mol. The number of hydrogen-bond acceptors (Lipinski definition) is 1. The van der Waals surface area contributed by atoms with Gasteiger partial charge in [0.25, 0.3) is 0 Å². The number of unbranched alkanes of at least 4 members (excludes halogenated alkanes) is 5. The summed E-state index contributed by atoms with van der Waals surface area (Å²) < 4.78 is 17.9. The van der Waals surface area contributed by atoms with Crippen molar-refractivity contribution in [2.45, 2.75) is 89.6 Å². The maximum atomic E-state index is 11.9. The fraction of sp³-hybridized carbons (Fsp3) is 1.00. The molecule has 0 unspecified atom stereocenters. The van der Waals surface area contributed by atoms with Crippen LogP contribution in [0.15, 0.2) is 0 Å². The molecule has 2 heteroatoms. The van der Waals surface area contributed by atoms with Crippen molar-refractivity contribution in [3.05, 3.63) is 0 Å². The molecule has 0 N–H and O–H groups in total. The van der Waals surface area contributed by atoms with E-state index in [1.54, 1.807) is 0 Å². The van der Waals surface area contributed by atoms with Gasteiger partial charge in [-0.2, -0.15) is 0 Å². The van der Waals surface area contributed by atoms with Crippen molar-refractivity contribution in [1.29, 1.82) is 0 Å². The molecule has 1 fully saturated rings. The lowest BCUT2D eigenvalue weighted by Gasteiger charge is -2.20. The molecule has 0 radical (unpaired) electrons. The summed E-state index contributed by atoms with van der Waals surface area (Å²) in [6.07, 6.45) is 16.7. The minimum Gasteiger partial charge on any atom is -0.378 e. The molecule has 1 aliphatic carbocycles. The summed E-state index contributed by atoms with van der Waals surface area (Å²) in [5.74, 6) is 0. The van der Waals surface area contributed by atoms with Gasteiger partial charge in [-0.1, -0.05) is 57.8 Å². The standard InChI is InChI=1S/C16H31FO/c17-14-10-6-1-2-7-11-15-18-16-12-8-4-3-5-9-13-16/h16H,1-15H2. The summed E-state index contributed by atoms with van der Waals surface area (Å²) in [6.45, 7) is 0.790. The van der Waals surface area contributed by atoms with Crippen LogP contribution in [0.3, 0.4) is 0 Å². The first-order valence-corrected chi connectivity index (χ1v) is 8.11. The predicted octanol–water partition coefficient (Wildman–Crippen LogP) is 5.43. The second-order valence-corrected chi connectivity index (χ2v) is 5.65. The molecule has 0 spiro atoms.